The van der Waals surface area contributed by atoms with Crippen molar-refractivity contribution >= 4 is 29.8 Å². The number of anilines is 1. The first kappa shape index (κ1) is 24.0. The molecule has 1 aromatic carbocycles. The van der Waals surface area contributed by atoms with E-state index in [0.717, 1.165) is 4.90 Å². The lowest BCUT2D eigenvalue weighted by atomic mass is 9.74. The Morgan fingerprint density at radius 3 is 2.37 bits per heavy atom. The van der Waals surface area contributed by atoms with Gasteiger partial charge >= 0.3 is 17.9 Å². The summed E-state index contributed by atoms with van der Waals surface area (Å²) >= 11 is 0. The average Bonchev–Trinajstić information content (AvgIpc) is 3.39. The summed E-state index contributed by atoms with van der Waals surface area (Å²) in [5.41, 5.74) is 4.87. The molecule has 1 atom stereocenters. The number of nitrogens with zero attached hydrogens (tertiary/aromatic N) is 2. The van der Waals surface area contributed by atoms with Crippen LogP contribution < -0.4 is 5.73 Å². The van der Waals surface area contributed by atoms with Crippen molar-refractivity contribution in [2.75, 3.05) is 32.1 Å². The molecule has 2 heterocycles. The Morgan fingerprint density at radius 2 is 1.69 bits per heavy atom. The molecule has 0 saturated heterocycles. The van der Waals surface area contributed by atoms with E-state index in [2.05, 4.69) is 4.98 Å². The Balaban J connectivity index is 2.03. The van der Waals surface area contributed by atoms with Crippen LogP contribution in [0.3, 0.4) is 0 Å². The predicted molar refractivity (Wildman–Crippen MR) is 120 cm³/mol. The maximum Gasteiger partial charge on any atom is 0.337 e. The third kappa shape index (κ3) is 3.63. The molecule has 1 spiro atoms. The summed E-state index contributed by atoms with van der Waals surface area (Å²) in [6.45, 7) is 4.52. The van der Waals surface area contributed by atoms with E-state index in [1.165, 1.54) is 0 Å². The quantitative estimate of drug-likeness (QED) is 0.434. The van der Waals surface area contributed by atoms with E-state index >= 15 is 0 Å². The van der Waals surface area contributed by atoms with Gasteiger partial charge in [0, 0.05) is 11.3 Å². The van der Waals surface area contributed by atoms with Crippen LogP contribution in [0.5, 0.6) is 0 Å². The first-order valence-corrected chi connectivity index (χ1v) is 11.2. The molecule has 2 aromatic rings. The molecular weight excluding hydrogens is 458 g/mol. The van der Waals surface area contributed by atoms with Gasteiger partial charge in [0.2, 0.25) is 5.91 Å². The summed E-state index contributed by atoms with van der Waals surface area (Å²) in [6.07, 6.45) is -0.459. The number of amides is 1. The second kappa shape index (κ2) is 9.24. The van der Waals surface area contributed by atoms with E-state index < -0.39 is 42.2 Å². The Morgan fingerprint density at radius 1 is 1.03 bits per heavy atom. The maximum atomic E-state index is 14.3. The molecule has 4 rings (SSSR count). The minimum Gasteiger partial charge on any atom is -0.466 e. The number of fused-ring (bicyclic) bond motifs is 5. The minimum absolute atomic E-state index is 0.00657. The molecule has 1 aliphatic heterocycles. The summed E-state index contributed by atoms with van der Waals surface area (Å²) < 4.78 is 21.1. The van der Waals surface area contributed by atoms with Crippen molar-refractivity contribution in [3.63, 3.8) is 0 Å². The third-order valence-corrected chi connectivity index (χ3v) is 5.82. The number of aromatic nitrogens is 1. The van der Waals surface area contributed by atoms with Crippen molar-refractivity contribution in [3.05, 3.63) is 46.8 Å². The molecule has 0 fully saturated rings. The summed E-state index contributed by atoms with van der Waals surface area (Å²) in [5, 5.41) is 0. The molecule has 1 amide bonds. The highest BCUT2D eigenvalue weighted by Crippen LogP contribution is 2.58. The number of esters is 3. The molecule has 0 saturated carbocycles. The predicted octanol–water partition coefficient (Wildman–Crippen LogP) is 1.70. The largest absolute Gasteiger partial charge is 0.466 e. The van der Waals surface area contributed by atoms with Crippen molar-refractivity contribution in [1.82, 2.24) is 9.88 Å². The number of carbonyl (C=O) groups is 4. The Hall–Kier alpha value is -4.15. The van der Waals surface area contributed by atoms with Crippen LogP contribution in [0.1, 0.15) is 38.4 Å². The number of ether oxygens (including phenoxy) is 3. The van der Waals surface area contributed by atoms with E-state index in [9.17, 15) is 19.2 Å². The smallest absolute Gasteiger partial charge is 0.337 e. The number of nitrogens with two attached hydrogens (primary N) is 1. The van der Waals surface area contributed by atoms with E-state index in [-0.39, 0.29) is 48.6 Å². The van der Waals surface area contributed by atoms with Crippen molar-refractivity contribution < 1.29 is 37.8 Å². The molecule has 2 N–H and O–H groups in total. The molecule has 11 nitrogen and oxygen atoms in total. The van der Waals surface area contributed by atoms with Gasteiger partial charge in [-0.3, -0.25) is 14.4 Å². The van der Waals surface area contributed by atoms with Gasteiger partial charge in [0.1, 0.15) is 12.2 Å². The summed E-state index contributed by atoms with van der Waals surface area (Å²) in [7, 11) is 0. The van der Waals surface area contributed by atoms with Crippen LogP contribution in [-0.2, 0) is 38.8 Å². The molecule has 0 bridgehead atoms. The molecule has 1 aliphatic carbocycles. The number of rotatable bonds is 8. The highest BCUT2D eigenvalue weighted by molar-refractivity contribution is 6.15. The monoisotopic (exact) mass is 483 g/mol. The van der Waals surface area contributed by atoms with Gasteiger partial charge < -0.3 is 29.3 Å². The van der Waals surface area contributed by atoms with E-state index in [4.69, 9.17) is 24.4 Å². The van der Waals surface area contributed by atoms with Crippen LogP contribution in [0.4, 0.5) is 6.01 Å². The standard InChI is InChI=1S/C24H25N3O8/c1-4-32-16(28)11-15-18(21(30)34-6-3)24(22(31)27(15)12-17(29)33-5-2)14-10-8-7-9-13(14)19-20(24)26-23(25)35-19/h7-10H,4-6,11-12H2,1-3H3,(H2,25,26). The molecule has 184 valence electrons. The number of nitrogen functional groups attached to an aromatic ring is 1. The molecule has 1 aromatic heterocycles. The molecule has 11 heteroatoms. The van der Waals surface area contributed by atoms with Crippen molar-refractivity contribution in [2.24, 2.45) is 0 Å². The van der Waals surface area contributed by atoms with Gasteiger partial charge in [-0.1, -0.05) is 24.3 Å². The number of hydrogen-bond acceptors (Lipinski definition) is 10. The summed E-state index contributed by atoms with van der Waals surface area (Å²) in [5.74, 6) is -2.69. The van der Waals surface area contributed by atoms with Gasteiger partial charge in [0.05, 0.1) is 31.8 Å². The van der Waals surface area contributed by atoms with Crippen LogP contribution in [0.2, 0.25) is 0 Å². The van der Waals surface area contributed by atoms with Crippen LogP contribution in [0.25, 0.3) is 11.3 Å². The SMILES string of the molecule is CCOC(=O)CC1=C(C(=O)OCC)C2(C(=O)N1CC(=O)OCC)c1ccccc1-c1oc(N)nc12. The lowest BCUT2D eigenvalue weighted by molar-refractivity contribution is -0.149. The fraction of sp³-hybridized carbons (Fsp3) is 0.375. The van der Waals surface area contributed by atoms with Crippen LogP contribution >= 0.6 is 0 Å². The summed E-state index contributed by atoms with van der Waals surface area (Å²) in [6, 6.07) is 6.61. The van der Waals surface area contributed by atoms with Gasteiger partial charge in [-0.2, -0.15) is 4.98 Å². The average molecular weight is 483 g/mol. The number of oxazole rings is 1. The van der Waals surface area contributed by atoms with Gasteiger partial charge in [0.15, 0.2) is 11.2 Å². The fourth-order valence-corrected chi connectivity index (χ4v) is 4.67. The highest BCUT2D eigenvalue weighted by atomic mass is 16.5. The Labute approximate surface area is 200 Å². The van der Waals surface area contributed by atoms with Gasteiger partial charge in [-0.25, -0.2) is 4.79 Å². The molecule has 0 radical (unpaired) electrons. The Kier molecular flexibility index (Phi) is 6.33. The van der Waals surface area contributed by atoms with E-state index in [0.29, 0.717) is 11.1 Å². The fourth-order valence-electron chi connectivity index (χ4n) is 4.67. The second-order valence-corrected chi connectivity index (χ2v) is 7.75. The zero-order valence-electron chi connectivity index (χ0n) is 19.6. The van der Waals surface area contributed by atoms with Crippen LogP contribution in [0.15, 0.2) is 40.0 Å². The lowest BCUT2D eigenvalue weighted by Gasteiger charge is -2.26. The van der Waals surface area contributed by atoms with Crippen LogP contribution in [0, 0.1) is 0 Å². The van der Waals surface area contributed by atoms with Gasteiger partial charge in [-0.05, 0) is 26.3 Å². The van der Waals surface area contributed by atoms with Crippen LogP contribution in [-0.4, -0.2) is 60.1 Å². The first-order chi connectivity index (χ1) is 16.8. The summed E-state index contributed by atoms with van der Waals surface area (Å²) in [4.78, 5) is 58.1. The maximum absolute atomic E-state index is 14.3. The second-order valence-electron chi connectivity index (χ2n) is 7.75. The normalized spacial score (nSPS) is 18.0. The van der Waals surface area contributed by atoms with E-state index in [1.54, 1.807) is 45.0 Å². The minimum atomic E-state index is -1.83. The zero-order chi connectivity index (χ0) is 25.3. The topological polar surface area (TPSA) is 151 Å². The Bertz CT molecular complexity index is 1250. The molecular formula is C24H25N3O8. The third-order valence-electron chi connectivity index (χ3n) is 5.82. The van der Waals surface area contributed by atoms with Crippen molar-refractivity contribution in [2.45, 2.75) is 32.6 Å². The van der Waals surface area contributed by atoms with Gasteiger partial charge in [0.25, 0.3) is 6.01 Å². The molecule has 1 unspecified atom stereocenters. The zero-order valence-corrected chi connectivity index (χ0v) is 19.6. The molecule has 2 aliphatic rings. The first-order valence-electron chi connectivity index (χ1n) is 11.2. The lowest BCUT2D eigenvalue weighted by Crippen LogP contribution is -2.44. The highest BCUT2D eigenvalue weighted by Gasteiger charge is 2.64. The van der Waals surface area contributed by atoms with E-state index in [1.807, 2.05) is 0 Å². The molecule has 35 heavy (non-hydrogen) atoms. The number of hydrogen-bond donors (Lipinski definition) is 1. The van der Waals surface area contributed by atoms with Crippen molar-refractivity contribution in [1.29, 1.82) is 0 Å². The number of carbonyl (C=O) groups excluding carboxylic acids is 4. The van der Waals surface area contributed by atoms with Gasteiger partial charge in [-0.15, -0.1) is 0 Å². The van der Waals surface area contributed by atoms with Crippen molar-refractivity contribution in [3.8, 4) is 11.3 Å². The number of benzene rings is 1.